The summed E-state index contributed by atoms with van der Waals surface area (Å²) >= 11 is 0. The van der Waals surface area contributed by atoms with Gasteiger partial charge in [0.25, 0.3) is 0 Å². The maximum atomic E-state index is 12.8. The first-order chi connectivity index (χ1) is 19.1. The minimum absolute atomic E-state index is 0.209. The SMILES string of the molecule is COC(=O)C1=C(C(=O)OC)CC(CCCCc2cc(C(=O)OC)c(C(=O)OC)c(C(=O)OC)c2C(=O)OC)=CC1. The van der Waals surface area contributed by atoms with Crippen LogP contribution >= 0.6 is 0 Å². The maximum Gasteiger partial charge on any atom is 0.339 e. The summed E-state index contributed by atoms with van der Waals surface area (Å²) in [5.74, 6) is -5.10. The summed E-state index contributed by atoms with van der Waals surface area (Å²) in [5.41, 5.74) is 0.238. The third-order valence-corrected chi connectivity index (χ3v) is 6.40. The number of methoxy groups -OCH3 is 6. The highest BCUT2D eigenvalue weighted by atomic mass is 16.5. The molecule has 0 saturated heterocycles. The molecule has 2 rings (SSSR count). The van der Waals surface area contributed by atoms with Crippen molar-refractivity contribution in [3.8, 4) is 0 Å². The molecule has 0 N–H and O–H groups in total. The van der Waals surface area contributed by atoms with Gasteiger partial charge in [-0.15, -0.1) is 0 Å². The molecule has 1 aliphatic rings. The lowest BCUT2D eigenvalue weighted by Gasteiger charge is -2.19. The molecule has 0 atom stereocenters. The van der Waals surface area contributed by atoms with Crippen LogP contribution in [0.5, 0.6) is 0 Å². The van der Waals surface area contributed by atoms with E-state index in [0.29, 0.717) is 19.3 Å². The second kappa shape index (κ2) is 14.6. The molecule has 0 amide bonds. The van der Waals surface area contributed by atoms with E-state index in [9.17, 15) is 28.8 Å². The molecule has 40 heavy (non-hydrogen) atoms. The highest BCUT2D eigenvalue weighted by Crippen LogP contribution is 2.31. The average molecular weight is 561 g/mol. The Morgan fingerprint density at radius 3 is 1.60 bits per heavy atom. The average Bonchev–Trinajstić information content (AvgIpc) is 2.99. The second-order valence-corrected chi connectivity index (χ2v) is 8.57. The highest BCUT2D eigenvalue weighted by molar-refractivity contribution is 6.15. The number of ether oxygens (including phenoxy) is 6. The van der Waals surface area contributed by atoms with Crippen molar-refractivity contribution in [2.75, 3.05) is 42.7 Å². The van der Waals surface area contributed by atoms with Crippen molar-refractivity contribution in [2.45, 2.75) is 38.5 Å². The summed E-state index contributed by atoms with van der Waals surface area (Å²) in [6.07, 6.45) is 4.11. The van der Waals surface area contributed by atoms with Crippen LogP contribution in [0.15, 0.2) is 28.9 Å². The van der Waals surface area contributed by atoms with Crippen molar-refractivity contribution in [1.29, 1.82) is 0 Å². The lowest BCUT2D eigenvalue weighted by atomic mass is 9.87. The molecule has 0 radical (unpaired) electrons. The molecule has 1 aliphatic carbocycles. The number of rotatable bonds is 11. The van der Waals surface area contributed by atoms with E-state index in [-0.39, 0.29) is 47.1 Å². The fourth-order valence-electron chi connectivity index (χ4n) is 4.44. The van der Waals surface area contributed by atoms with E-state index in [1.165, 1.54) is 20.3 Å². The number of esters is 6. The first-order valence-electron chi connectivity index (χ1n) is 12.2. The largest absolute Gasteiger partial charge is 0.466 e. The topological polar surface area (TPSA) is 158 Å². The first-order valence-corrected chi connectivity index (χ1v) is 12.2. The third kappa shape index (κ3) is 6.93. The molecule has 0 fully saturated rings. The second-order valence-electron chi connectivity index (χ2n) is 8.57. The molecule has 1 aromatic rings. The minimum atomic E-state index is -1.04. The van der Waals surface area contributed by atoms with Crippen molar-refractivity contribution in [1.82, 2.24) is 0 Å². The van der Waals surface area contributed by atoms with E-state index < -0.39 is 46.9 Å². The van der Waals surface area contributed by atoms with Gasteiger partial charge in [-0.2, -0.15) is 0 Å². The molecule has 0 saturated carbocycles. The van der Waals surface area contributed by atoms with Crippen LogP contribution in [0, 0.1) is 0 Å². The maximum absolute atomic E-state index is 12.8. The van der Waals surface area contributed by atoms with Crippen LogP contribution in [0.2, 0.25) is 0 Å². The highest BCUT2D eigenvalue weighted by Gasteiger charge is 2.34. The van der Waals surface area contributed by atoms with Gasteiger partial charge in [0.1, 0.15) is 0 Å². The van der Waals surface area contributed by atoms with Crippen molar-refractivity contribution in [2.24, 2.45) is 0 Å². The Hall–Kier alpha value is -4.48. The monoisotopic (exact) mass is 560 g/mol. The fraction of sp³-hybridized carbons (Fsp3) is 0.429. The predicted molar refractivity (Wildman–Crippen MR) is 138 cm³/mol. The summed E-state index contributed by atoms with van der Waals surface area (Å²) in [6.45, 7) is 0. The van der Waals surface area contributed by atoms with Crippen LogP contribution in [0.25, 0.3) is 0 Å². The molecule has 12 nitrogen and oxygen atoms in total. The van der Waals surface area contributed by atoms with Crippen LogP contribution in [-0.2, 0) is 44.4 Å². The van der Waals surface area contributed by atoms with Gasteiger partial charge in [-0.1, -0.05) is 11.6 Å². The lowest BCUT2D eigenvalue weighted by molar-refractivity contribution is -0.139. The van der Waals surface area contributed by atoms with Gasteiger partial charge in [0.15, 0.2) is 0 Å². The van der Waals surface area contributed by atoms with Gasteiger partial charge in [0.2, 0.25) is 0 Å². The summed E-state index contributed by atoms with van der Waals surface area (Å²) in [5, 5.41) is 0. The number of hydrogen-bond acceptors (Lipinski definition) is 12. The Balaban J connectivity index is 2.40. The van der Waals surface area contributed by atoms with E-state index in [4.69, 9.17) is 28.4 Å². The van der Waals surface area contributed by atoms with Crippen LogP contribution in [0.3, 0.4) is 0 Å². The van der Waals surface area contributed by atoms with Gasteiger partial charge in [-0.3, -0.25) is 0 Å². The standard InChI is InChI=1S/C28H32O12/c1-35-23(29)17-12-11-15(13-18(17)24(30)36-2)9-7-8-10-16-14-19(25(31)37-3)21(27(33)39-5)22(28(34)40-6)20(16)26(32)38-4/h11,14H,7-10,12-13H2,1-6H3. The van der Waals surface area contributed by atoms with E-state index in [1.54, 1.807) is 0 Å². The molecule has 0 bridgehead atoms. The van der Waals surface area contributed by atoms with Gasteiger partial charge in [-0.25, -0.2) is 28.8 Å². The Morgan fingerprint density at radius 2 is 1.05 bits per heavy atom. The van der Waals surface area contributed by atoms with Gasteiger partial charge in [0.05, 0.1) is 76.1 Å². The molecule has 0 spiro atoms. The lowest BCUT2D eigenvalue weighted by Crippen LogP contribution is -2.24. The van der Waals surface area contributed by atoms with Crippen molar-refractivity contribution >= 4 is 35.8 Å². The zero-order valence-corrected chi connectivity index (χ0v) is 23.3. The molecule has 0 aliphatic heterocycles. The molecule has 0 heterocycles. The van der Waals surface area contributed by atoms with Crippen molar-refractivity contribution in [3.05, 3.63) is 56.7 Å². The van der Waals surface area contributed by atoms with Gasteiger partial charge in [0, 0.05) is 6.42 Å². The van der Waals surface area contributed by atoms with E-state index >= 15 is 0 Å². The molecular weight excluding hydrogens is 528 g/mol. The summed E-state index contributed by atoms with van der Waals surface area (Å²) in [6, 6.07) is 1.30. The fourth-order valence-corrected chi connectivity index (χ4v) is 4.44. The van der Waals surface area contributed by atoms with Crippen LogP contribution in [-0.4, -0.2) is 78.5 Å². The van der Waals surface area contributed by atoms with Crippen molar-refractivity contribution < 1.29 is 57.2 Å². The van der Waals surface area contributed by atoms with Crippen LogP contribution in [0.1, 0.15) is 79.1 Å². The van der Waals surface area contributed by atoms with Crippen molar-refractivity contribution in [3.63, 3.8) is 0 Å². The molecule has 1 aromatic carbocycles. The van der Waals surface area contributed by atoms with Gasteiger partial charge < -0.3 is 28.4 Å². The molecule has 12 heteroatoms. The zero-order chi connectivity index (χ0) is 30.0. The molecular formula is C28H32O12. The molecule has 216 valence electrons. The summed E-state index contributed by atoms with van der Waals surface area (Å²) < 4.78 is 28.9. The Labute approximate surface area is 231 Å². The number of benzene rings is 1. The van der Waals surface area contributed by atoms with Crippen LogP contribution in [0.4, 0.5) is 0 Å². The number of carbonyl (C=O) groups is 6. The number of hydrogen-bond donors (Lipinski definition) is 0. The molecule has 0 unspecified atom stereocenters. The predicted octanol–water partition coefficient (Wildman–Crippen LogP) is 2.91. The number of carbonyl (C=O) groups excluding carboxylic acids is 6. The third-order valence-electron chi connectivity index (χ3n) is 6.40. The Kier molecular flexibility index (Phi) is 11.6. The van der Waals surface area contributed by atoms with E-state index in [2.05, 4.69) is 0 Å². The number of allylic oxidation sites excluding steroid dienone is 2. The van der Waals surface area contributed by atoms with Gasteiger partial charge in [-0.05, 0) is 43.7 Å². The van der Waals surface area contributed by atoms with E-state index in [0.717, 1.165) is 34.0 Å². The zero-order valence-electron chi connectivity index (χ0n) is 23.3. The Morgan fingerprint density at radius 1 is 0.575 bits per heavy atom. The number of aryl methyl sites for hydroxylation is 1. The Bertz CT molecular complexity index is 1270. The van der Waals surface area contributed by atoms with E-state index in [1.807, 2.05) is 6.08 Å². The quantitative estimate of drug-likeness (QED) is 0.169. The van der Waals surface area contributed by atoms with Gasteiger partial charge >= 0.3 is 35.8 Å². The summed E-state index contributed by atoms with van der Waals surface area (Å²) in [7, 11) is 6.82. The first kappa shape index (κ1) is 31.7. The minimum Gasteiger partial charge on any atom is -0.466 e. The number of unbranched alkanes of at least 4 members (excludes halogenated alkanes) is 1. The smallest absolute Gasteiger partial charge is 0.339 e. The molecule has 0 aromatic heterocycles. The van der Waals surface area contributed by atoms with Crippen LogP contribution < -0.4 is 0 Å². The normalized spacial score (nSPS) is 12.6. The summed E-state index contributed by atoms with van der Waals surface area (Å²) in [4.78, 5) is 75.1.